The Morgan fingerprint density at radius 2 is 1.95 bits per heavy atom. The summed E-state index contributed by atoms with van der Waals surface area (Å²) in [6, 6.07) is 16.5. The van der Waals surface area contributed by atoms with Crippen LogP contribution >= 0.6 is 0 Å². The lowest BCUT2D eigenvalue weighted by Gasteiger charge is -2.13. The van der Waals surface area contributed by atoms with Crippen molar-refractivity contribution in [2.24, 2.45) is 0 Å². The Bertz CT molecular complexity index is 734. The molecule has 0 saturated carbocycles. The lowest BCUT2D eigenvalue weighted by atomic mass is 10.1. The third-order valence-corrected chi connectivity index (χ3v) is 4.02. The zero-order valence-corrected chi connectivity index (χ0v) is 12.8. The number of benzene rings is 2. The van der Waals surface area contributed by atoms with E-state index in [1.54, 1.807) is 6.07 Å². The molecule has 0 radical (unpaired) electrons. The summed E-state index contributed by atoms with van der Waals surface area (Å²) in [7, 11) is 0. The summed E-state index contributed by atoms with van der Waals surface area (Å²) in [5.41, 5.74) is 3.68. The summed E-state index contributed by atoms with van der Waals surface area (Å²) in [6.45, 7) is 3.14. The largest absolute Gasteiger partial charge is 0.508 e. The highest BCUT2D eigenvalue weighted by atomic mass is 16.3. The molecule has 3 N–H and O–H groups in total. The van der Waals surface area contributed by atoms with Gasteiger partial charge in [-0.3, -0.25) is 0 Å². The number of H-pyrrole nitrogens is 1. The van der Waals surface area contributed by atoms with Gasteiger partial charge in [-0.05, 0) is 55.6 Å². The number of fused-ring (bicyclic) bond motifs is 1. The van der Waals surface area contributed by atoms with Gasteiger partial charge in [-0.1, -0.05) is 30.3 Å². The molecule has 114 valence electrons. The summed E-state index contributed by atoms with van der Waals surface area (Å²) in [4.78, 5) is 3.25. The molecule has 0 spiro atoms. The van der Waals surface area contributed by atoms with E-state index < -0.39 is 0 Å². The van der Waals surface area contributed by atoms with Gasteiger partial charge in [0.05, 0.1) is 0 Å². The van der Waals surface area contributed by atoms with Gasteiger partial charge in [0.1, 0.15) is 5.75 Å². The zero-order chi connectivity index (χ0) is 15.4. The number of aromatic nitrogens is 1. The maximum absolute atomic E-state index is 9.62. The second-order valence-electron chi connectivity index (χ2n) is 5.84. The Morgan fingerprint density at radius 1 is 1.14 bits per heavy atom. The highest BCUT2D eigenvalue weighted by Crippen LogP contribution is 2.23. The van der Waals surface area contributed by atoms with E-state index in [-0.39, 0.29) is 0 Å². The third-order valence-electron chi connectivity index (χ3n) is 4.02. The van der Waals surface area contributed by atoms with Gasteiger partial charge in [-0.2, -0.15) is 0 Å². The normalized spacial score (nSPS) is 12.6. The average Bonchev–Trinajstić information content (AvgIpc) is 2.91. The molecule has 0 amide bonds. The van der Waals surface area contributed by atoms with E-state index in [1.165, 1.54) is 11.1 Å². The van der Waals surface area contributed by atoms with E-state index in [1.807, 2.05) is 24.4 Å². The fourth-order valence-electron chi connectivity index (χ4n) is 2.87. The Morgan fingerprint density at radius 3 is 2.77 bits per heavy atom. The van der Waals surface area contributed by atoms with Crippen LogP contribution in [0.3, 0.4) is 0 Å². The van der Waals surface area contributed by atoms with E-state index >= 15 is 0 Å². The van der Waals surface area contributed by atoms with Crippen LogP contribution in [0.25, 0.3) is 10.9 Å². The predicted molar refractivity (Wildman–Crippen MR) is 91.3 cm³/mol. The van der Waals surface area contributed by atoms with Crippen LogP contribution in [0.5, 0.6) is 5.75 Å². The minimum atomic E-state index is 0.318. The van der Waals surface area contributed by atoms with Crippen LogP contribution < -0.4 is 5.32 Å². The zero-order valence-electron chi connectivity index (χ0n) is 12.8. The van der Waals surface area contributed by atoms with Gasteiger partial charge in [0.15, 0.2) is 0 Å². The Labute approximate surface area is 131 Å². The summed E-state index contributed by atoms with van der Waals surface area (Å²) in [6.07, 6.45) is 4.02. The molecule has 1 heterocycles. The molecule has 0 aliphatic carbocycles. The van der Waals surface area contributed by atoms with Gasteiger partial charge in [0, 0.05) is 23.1 Å². The van der Waals surface area contributed by atoms with Gasteiger partial charge in [-0.25, -0.2) is 0 Å². The number of aromatic amines is 1. The Hall–Kier alpha value is -2.26. The molecule has 0 saturated heterocycles. The number of phenols is 1. The number of phenolic OH excluding ortho intramolecular Hbond substituents is 1. The van der Waals surface area contributed by atoms with E-state index in [0.717, 1.165) is 30.3 Å². The van der Waals surface area contributed by atoms with Crippen LogP contribution in [-0.4, -0.2) is 22.7 Å². The Kier molecular flexibility index (Phi) is 4.45. The van der Waals surface area contributed by atoms with Crippen molar-refractivity contribution in [2.45, 2.75) is 25.8 Å². The van der Waals surface area contributed by atoms with Crippen LogP contribution in [-0.2, 0) is 12.8 Å². The minimum Gasteiger partial charge on any atom is -0.508 e. The van der Waals surface area contributed by atoms with Gasteiger partial charge in [-0.15, -0.1) is 0 Å². The summed E-state index contributed by atoms with van der Waals surface area (Å²) < 4.78 is 0. The first-order chi connectivity index (χ1) is 10.7. The van der Waals surface area contributed by atoms with Crippen molar-refractivity contribution in [2.75, 3.05) is 6.54 Å². The quantitative estimate of drug-likeness (QED) is 0.650. The molecular formula is C19H22N2O. The topological polar surface area (TPSA) is 48.0 Å². The number of rotatable bonds is 6. The van der Waals surface area contributed by atoms with E-state index in [0.29, 0.717) is 11.8 Å². The highest BCUT2D eigenvalue weighted by Gasteiger charge is 2.06. The van der Waals surface area contributed by atoms with Crippen molar-refractivity contribution in [3.8, 4) is 5.75 Å². The molecule has 22 heavy (non-hydrogen) atoms. The van der Waals surface area contributed by atoms with Crippen LogP contribution in [0, 0.1) is 0 Å². The molecule has 3 nitrogen and oxygen atoms in total. The third kappa shape index (κ3) is 3.49. The molecule has 0 aliphatic heterocycles. The van der Waals surface area contributed by atoms with Crippen LogP contribution in [0.2, 0.25) is 0 Å². The molecule has 1 aromatic heterocycles. The molecule has 1 unspecified atom stereocenters. The van der Waals surface area contributed by atoms with Gasteiger partial charge < -0.3 is 15.4 Å². The predicted octanol–water partition coefficient (Wildman–Crippen LogP) is 3.64. The van der Waals surface area contributed by atoms with Crippen LogP contribution in [0.4, 0.5) is 0 Å². The summed E-state index contributed by atoms with van der Waals surface area (Å²) in [5.74, 6) is 0.318. The SMILES string of the molecule is CC(Cc1ccccc1)NCCc1c[nH]c2ccc(O)cc12. The standard InChI is InChI=1S/C19H22N2O/c1-14(11-15-5-3-2-4-6-15)20-10-9-16-13-21-19-8-7-17(22)12-18(16)19/h2-8,12-14,20-22H,9-11H2,1H3. The van der Waals surface area contributed by atoms with Crippen molar-refractivity contribution in [3.63, 3.8) is 0 Å². The second kappa shape index (κ2) is 6.67. The molecule has 2 aromatic carbocycles. The first-order valence-corrected chi connectivity index (χ1v) is 7.78. The van der Waals surface area contributed by atoms with Gasteiger partial charge in [0.25, 0.3) is 0 Å². The molecular weight excluding hydrogens is 272 g/mol. The lowest BCUT2D eigenvalue weighted by Crippen LogP contribution is -2.29. The fraction of sp³-hybridized carbons (Fsp3) is 0.263. The Balaban J connectivity index is 1.55. The molecule has 0 aliphatic rings. The van der Waals surface area contributed by atoms with Crippen molar-refractivity contribution in [1.82, 2.24) is 10.3 Å². The van der Waals surface area contributed by atoms with E-state index in [4.69, 9.17) is 0 Å². The van der Waals surface area contributed by atoms with Gasteiger partial charge in [0.2, 0.25) is 0 Å². The number of aromatic hydroxyl groups is 1. The van der Waals surface area contributed by atoms with Crippen molar-refractivity contribution < 1.29 is 5.11 Å². The minimum absolute atomic E-state index is 0.318. The van der Waals surface area contributed by atoms with E-state index in [2.05, 4.69) is 41.5 Å². The first kappa shape index (κ1) is 14.7. The smallest absolute Gasteiger partial charge is 0.116 e. The van der Waals surface area contributed by atoms with Crippen LogP contribution in [0.1, 0.15) is 18.1 Å². The molecule has 1 atom stereocenters. The van der Waals surface area contributed by atoms with Crippen molar-refractivity contribution >= 4 is 10.9 Å². The summed E-state index contributed by atoms with van der Waals surface area (Å²) >= 11 is 0. The summed E-state index contributed by atoms with van der Waals surface area (Å²) in [5, 5.41) is 14.3. The monoisotopic (exact) mass is 294 g/mol. The van der Waals surface area contributed by atoms with Crippen LogP contribution in [0.15, 0.2) is 54.7 Å². The van der Waals surface area contributed by atoms with Crippen molar-refractivity contribution in [3.05, 3.63) is 65.9 Å². The molecule has 3 rings (SSSR count). The molecule has 3 heteroatoms. The molecule has 3 aromatic rings. The molecule has 0 fully saturated rings. The number of nitrogens with one attached hydrogen (secondary N) is 2. The first-order valence-electron chi connectivity index (χ1n) is 7.78. The van der Waals surface area contributed by atoms with E-state index in [9.17, 15) is 5.11 Å². The van der Waals surface area contributed by atoms with Gasteiger partial charge >= 0.3 is 0 Å². The second-order valence-corrected chi connectivity index (χ2v) is 5.84. The maximum Gasteiger partial charge on any atom is 0.116 e. The lowest BCUT2D eigenvalue weighted by molar-refractivity contribution is 0.476. The maximum atomic E-state index is 9.62. The highest BCUT2D eigenvalue weighted by molar-refractivity contribution is 5.84. The molecule has 0 bridgehead atoms. The number of hydrogen-bond acceptors (Lipinski definition) is 2. The number of hydrogen-bond donors (Lipinski definition) is 3. The average molecular weight is 294 g/mol. The fourth-order valence-corrected chi connectivity index (χ4v) is 2.87. The van der Waals surface area contributed by atoms with Crippen molar-refractivity contribution in [1.29, 1.82) is 0 Å².